The molecule has 1 nitrogen and oxygen atoms in total. The molecule has 1 heteroatoms. The van der Waals surface area contributed by atoms with E-state index >= 15 is 0 Å². The fraction of sp³-hybridized carbons (Fsp3) is 0.400. The highest BCUT2D eigenvalue weighted by Gasteiger charge is 2.13. The minimum Gasteiger partial charge on any atom is -0.341 e. The Labute approximate surface area is 127 Å². The molecule has 3 aromatic rings. The number of hydrogen-bond acceptors (Lipinski definition) is 0. The van der Waals surface area contributed by atoms with Crippen LogP contribution in [0.5, 0.6) is 0 Å². The third kappa shape index (κ3) is 2.46. The zero-order chi connectivity index (χ0) is 14.8. The summed E-state index contributed by atoms with van der Waals surface area (Å²) in [6, 6.07) is 13.2. The number of nitrogens with zero attached hydrogens (tertiary/aromatic N) is 1. The first-order chi connectivity index (χ1) is 10.3. The maximum absolute atomic E-state index is 4.37. The Bertz CT molecular complexity index is 776. The second-order valence-corrected chi connectivity index (χ2v) is 6.15. The molecule has 0 bridgehead atoms. The van der Waals surface area contributed by atoms with Crippen LogP contribution in [0.25, 0.3) is 28.3 Å². The van der Waals surface area contributed by atoms with E-state index in [0.29, 0.717) is 0 Å². The largest absolute Gasteiger partial charge is 0.341 e. The normalized spacial score (nSPS) is 13.2. The third-order valence-corrected chi connectivity index (χ3v) is 4.79. The van der Waals surface area contributed by atoms with Gasteiger partial charge in [-0.3, -0.25) is 0 Å². The van der Waals surface area contributed by atoms with Crippen LogP contribution in [0.3, 0.4) is 0 Å². The van der Waals surface area contributed by atoms with Crippen LogP contribution in [0.4, 0.5) is 0 Å². The molecule has 21 heavy (non-hydrogen) atoms. The van der Waals surface area contributed by atoms with Crippen molar-refractivity contribution in [1.29, 1.82) is 0 Å². The predicted molar refractivity (Wildman–Crippen MR) is 93.5 cm³/mol. The van der Waals surface area contributed by atoms with Crippen molar-refractivity contribution in [1.82, 2.24) is 4.57 Å². The molecule has 1 atom stereocenters. The van der Waals surface area contributed by atoms with Crippen molar-refractivity contribution in [2.24, 2.45) is 5.92 Å². The van der Waals surface area contributed by atoms with Gasteiger partial charge in [0.15, 0.2) is 0 Å². The molecule has 3 rings (SSSR count). The fourth-order valence-corrected chi connectivity index (χ4v) is 3.46. The van der Waals surface area contributed by atoms with Gasteiger partial charge in [-0.15, -0.1) is 0 Å². The summed E-state index contributed by atoms with van der Waals surface area (Å²) >= 11 is 0. The van der Waals surface area contributed by atoms with Gasteiger partial charge in [-0.05, 0) is 23.8 Å². The Balaban J connectivity index is 2.08. The molecule has 0 radical (unpaired) electrons. The molecule has 1 heterocycles. The highest BCUT2D eigenvalue weighted by atomic mass is 15.0. The lowest BCUT2D eigenvalue weighted by atomic mass is 9.99. The van der Waals surface area contributed by atoms with Gasteiger partial charge in [0.2, 0.25) is 0 Å². The Morgan fingerprint density at radius 2 is 1.86 bits per heavy atom. The van der Waals surface area contributed by atoms with Crippen molar-refractivity contribution in [3.63, 3.8) is 0 Å². The van der Waals surface area contributed by atoms with E-state index in [2.05, 4.69) is 61.4 Å². The average Bonchev–Trinajstić information content (AvgIpc) is 2.79. The Hall–Kier alpha value is -1.76. The van der Waals surface area contributed by atoms with E-state index in [1.807, 2.05) is 0 Å². The quantitative estimate of drug-likeness (QED) is 0.589. The molecule has 2 aromatic carbocycles. The number of benzene rings is 2. The molecule has 0 N–H and O–H groups in total. The van der Waals surface area contributed by atoms with Crippen molar-refractivity contribution in [3.05, 3.63) is 41.7 Å². The minimum absolute atomic E-state index is 0.756. The van der Waals surface area contributed by atoms with Gasteiger partial charge in [0.25, 0.3) is 0 Å². The van der Waals surface area contributed by atoms with Gasteiger partial charge in [-0.25, -0.2) is 0 Å². The Kier molecular flexibility index (Phi) is 4.01. The topological polar surface area (TPSA) is 4.93 Å². The smallest absolute Gasteiger partial charge is 0.0497 e. The Morgan fingerprint density at radius 3 is 2.57 bits per heavy atom. The zero-order valence-corrected chi connectivity index (χ0v) is 13.2. The molecular formula is C20H25N. The van der Waals surface area contributed by atoms with Crippen LogP contribution in [0.15, 0.2) is 36.4 Å². The maximum Gasteiger partial charge on any atom is 0.0497 e. The Morgan fingerprint density at radius 1 is 1.10 bits per heavy atom. The summed E-state index contributed by atoms with van der Waals surface area (Å²) in [5.41, 5.74) is 1.35. The highest BCUT2D eigenvalue weighted by Crippen LogP contribution is 2.26. The zero-order valence-electron chi connectivity index (χ0n) is 13.2. The molecule has 0 saturated carbocycles. The van der Waals surface area contributed by atoms with Gasteiger partial charge < -0.3 is 4.57 Å². The van der Waals surface area contributed by atoms with Crippen molar-refractivity contribution in [2.45, 2.75) is 46.1 Å². The average molecular weight is 279 g/mol. The van der Waals surface area contributed by atoms with E-state index in [1.54, 1.807) is 0 Å². The van der Waals surface area contributed by atoms with Crippen LogP contribution < -0.4 is 5.35 Å². The molecule has 0 saturated heterocycles. The van der Waals surface area contributed by atoms with Gasteiger partial charge in [-0.2, -0.15) is 0 Å². The van der Waals surface area contributed by atoms with E-state index in [4.69, 9.17) is 0 Å². The summed E-state index contributed by atoms with van der Waals surface area (Å²) in [6.07, 6.45) is 5.18. The van der Waals surface area contributed by atoms with E-state index < -0.39 is 0 Å². The first-order valence-electron chi connectivity index (χ1n) is 8.24. The number of aromatic nitrogens is 1. The van der Waals surface area contributed by atoms with Crippen LogP contribution in [-0.2, 0) is 6.54 Å². The summed E-state index contributed by atoms with van der Waals surface area (Å²) in [7, 11) is 0. The minimum atomic E-state index is 0.756. The van der Waals surface area contributed by atoms with Gasteiger partial charge >= 0.3 is 0 Å². The fourth-order valence-electron chi connectivity index (χ4n) is 3.46. The van der Waals surface area contributed by atoms with E-state index in [-0.39, 0.29) is 0 Å². The number of hydrogen-bond donors (Lipinski definition) is 0. The first-order valence-corrected chi connectivity index (χ1v) is 8.24. The lowest BCUT2D eigenvalue weighted by Crippen LogP contribution is -2.20. The number of unbranched alkanes of at least 4 members (excludes halogenated alkanes) is 1. The van der Waals surface area contributed by atoms with E-state index in [9.17, 15) is 0 Å². The van der Waals surface area contributed by atoms with Gasteiger partial charge in [-0.1, -0.05) is 70.0 Å². The van der Waals surface area contributed by atoms with Crippen LogP contribution in [0, 0.1) is 5.92 Å². The third-order valence-electron chi connectivity index (χ3n) is 4.79. The molecule has 0 aliphatic heterocycles. The standard InChI is InChI=1S/C20H25N/c1-4-6-9-16(5-2)14-21-15(3)18-12-7-10-17-11-8-13-19(21)20(17)18/h7-8,10-13,16H,3-6,9,14H2,1-2H3. The van der Waals surface area contributed by atoms with Crippen molar-refractivity contribution in [2.75, 3.05) is 0 Å². The van der Waals surface area contributed by atoms with E-state index in [1.165, 1.54) is 52.7 Å². The molecule has 1 aromatic heterocycles. The van der Waals surface area contributed by atoms with Gasteiger partial charge in [0.05, 0.1) is 0 Å². The van der Waals surface area contributed by atoms with E-state index in [0.717, 1.165) is 12.5 Å². The van der Waals surface area contributed by atoms with Crippen molar-refractivity contribution in [3.8, 4) is 0 Å². The van der Waals surface area contributed by atoms with Crippen molar-refractivity contribution >= 4 is 28.3 Å². The van der Waals surface area contributed by atoms with Gasteiger partial charge in [0, 0.05) is 28.2 Å². The molecule has 0 aliphatic rings. The lowest BCUT2D eigenvalue weighted by Gasteiger charge is -2.16. The molecule has 0 aliphatic carbocycles. The second kappa shape index (κ2) is 5.93. The van der Waals surface area contributed by atoms with Crippen LogP contribution >= 0.6 is 0 Å². The second-order valence-electron chi connectivity index (χ2n) is 6.15. The summed E-state index contributed by atoms with van der Waals surface area (Å²) in [4.78, 5) is 0. The maximum atomic E-state index is 4.37. The SMILES string of the molecule is C=c1c2cccc3cccc(c32)n1CC(CC)CCCC. The molecule has 0 spiro atoms. The van der Waals surface area contributed by atoms with Crippen molar-refractivity contribution < 1.29 is 0 Å². The number of rotatable bonds is 6. The monoisotopic (exact) mass is 279 g/mol. The lowest BCUT2D eigenvalue weighted by molar-refractivity contribution is 0.393. The van der Waals surface area contributed by atoms with Crippen LogP contribution in [0.1, 0.15) is 39.5 Å². The highest BCUT2D eigenvalue weighted by molar-refractivity contribution is 6.09. The summed E-state index contributed by atoms with van der Waals surface area (Å²) in [6.45, 7) is 10.1. The van der Waals surface area contributed by atoms with Gasteiger partial charge in [0.1, 0.15) is 0 Å². The van der Waals surface area contributed by atoms with Crippen LogP contribution in [0.2, 0.25) is 0 Å². The summed E-state index contributed by atoms with van der Waals surface area (Å²) in [5, 5.41) is 5.20. The first kappa shape index (κ1) is 14.2. The molecule has 1 unspecified atom stereocenters. The summed E-state index contributed by atoms with van der Waals surface area (Å²) in [5.74, 6) is 0.756. The molecule has 110 valence electrons. The summed E-state index contributed by atoms with van der Waals surface area (Å²) < 4.78 is 2.45. The molecule has 0 fully saturated rings. The van der Waals surface area contributed by atoms with Crippen LogP contribution in [-0.4, -0.2) is 4.57 Å². The predicted octanol–water partition coefficient (Wildman–Crippen LogP) is 5.14. The molecule has 0 amide bonds. The molecular weight excluding hydrogens is 254 g/mol.